The van der Waals surface area contributed by atoms with E-state index in [2.05, 4.69) is 10.6 Å². The van der Waals surface area contributed by atoms with Gasteiger partial charge in [-0.2, -0.15) is 0 Å². The highest BCUT2D eigenvalue weighted by atomic mass is 19.1. The van der Waals surface area contributed by atoms with Crippen LogP contribution in [0.2, 0.25) is 0 Å². The average Bonchev–Trinajstić information content (AvgIpc) is 2.86. The van der Waals surface area contributed by atoms with Gasteiger partial charge in [-0.25, -0.2) is 9.18 Å². The van der Waals surface area contributed by atoms with E-state index in [0.717, 1.165) is 5.56 Å². The Balaban J connectivity index is 1.27. The molecule has 1 aliphatic heterocycles. The molecule has 3 aromatic carbocycles. The summed E-state index contributed by atoms with van der Waals surface area (Å²) in [5.41, 5.74) is 1.50. The summed E-state index contributed by atoms with van der Waals surface area (Å²) in [7, 11) is 0. The largest absolute Gasteiger partial charge is 0.457 e. The first-order valence-electron chi connectivity index (χ1n) is 10.6. The summed E-state index contributed by atoms with van der Waals surface area (Å²) >= 11 is 0. The van der Waals surface area contributed by atoms with Crippen LogP contribution < -0.4 is 15.4 Å². The lowest BCUT2D eigenvalue weighted by Crippen LogP contribution is -2.57. The number of halogens is 1. The molecule has 2 amide bonds. The Morgan fingerprint density at radius 3 is 2.33 bits per heavy atom. The standard InChI is InChI=1S/C25H24FN3O4/c26-19-6-10-21(11-7-19)33-22-12-8-20(9-13-22)28-24(30)23-16-29(15-14-27-23)25(31)32-17-18-4-2-1-3-5-18/h1-13,23,27H,14-17H2,(H,28,30)/t23-/m0/s1. The second-order valence-electron chi connectivity index (χ2n) is 7.56. The summed E-state index contributed by atoms with van der Waals surface area (Å²) < 4.78 is 24.0. The summed E-state index contributed by atoms with van der Waals surface area (Å²) in [5, 5.41) is 5.97. The molecule has 33 heavy (non-hydrogen) atoms. The smallest absolute Gasteiger partial charge is 0.410 e. The lowest BCUT2D eigenvalue weighted by Gasteiger charge is -2.32. The first-order valence-corrected chi connectivity index (χ1v) is 10.6. The minimum absolute atomic E-state index is 0.187. The molecule has 1 aliphatic rings. The van der Waals surface area contributed by atoms with Crippen LogP contribution in [0.1, 0.15) is 5.56 Å². The van der Waals surface area contributed by atoms with Gasteiger partial charge in [0, 0.05) is 25.3 Å². The van der Waals surface area contributed by atoms with E-state index in [4.69, 9.17) is 9.47 Å². The molecule has 170 valence electrons. The lowest BCUT2D eigenvalue weighted by atomic mass is 10.2. The average molecular weight is 449 g/mol. The lowest BCUT2D eigenvalue weighted by molar-refractivity contribution is -0.119. The summed E-state index contributed by atoms with van der Waals surface area (Å²) in [5.74, 6) is 0.490. The number of rotatable bonds is 6. The van der Waals surface area contributed by atoms with Crippen LogP contribution in [0.15, 0.2) is 78.9 Å². The Labute approximate surface area is 191 Å². The number of benzene rings is 3. The molecule has 0 unspecified atom stereocenters. The second-order valence-corrected chi connectivity index (χ2v) is 7.56. The quantitative estimate of drug-likeness (QED) is 0.591. The minimum Gasteiger partial charge on any atom is -0.457 e. The Kier molecular flexibility index (Phi) is 7.16. The summed E-state index contributed by atoms with van der Waals surface area (Å²) in [4.78, 5) is 26.6. The van der Waals surface area contributed by atoms with Crippen LogP contribution in [0.25, 0.3) is 0 Å². The predicted octanol–water partition coefficient (Wildman–Crippen LogP) is 4.17. The fraction of sp³-hybridized carbons (Fsp3) is 0.200. The number of hydrogen-bond donors (Lipinski definition) is 2. The maximum atomic E-state index is 13.0. The van der Waals surface area contributed by atoms with E-state index in [1.165, 1.54) is 29.2 Å². The molecule has 1 heterocycles. The third-order valence-corrected chi connectivity index (χ3v) is 5.13. The van der Waals surface area contributed by atoms with Crippen molar-refractivity contribution < 1.29 is 23.5 Å². The van der Waals surface area contributed by atoms with Crippen molar-refractivity contribution in [3.63, 3.8) is 0 Å². The molecule has 0 saturated carbocycles. The molecule has 1 atom stereocenters. The Hall–Kier alpha value is -3.91. The SMILES string of the molecule is O=C(Nc1ccc(Oc2ccc(F)cc2)cc1)[C@@H]1CN(C(=O)OCc2ccccc2)CCN1. The van der Waals surface area contributed by atoms with Gasteiger partial charge in [0.15, 0.2) is 0 Å². The maximum absolute atomic E-state index is 13.0. The Morgan fingerprint density at radius 1 is 0.970 bits per heavy atom. The zero-order valence-electron chi connectivity index (χ0n) is 17.9. The van der Waals surface area contributed by atoms with Crippen molar-refractivity contribution in [1.82, 2.24) is 10.2 Å². The van der Waals surface area contributed by atoms with Gasteiger partial charge in [-0.1, -0.05) is 30.3 Å². The number of anilines is 1. The molecule has 0 radical (unpaired) electrons. The number of amides is 2. The van der Waals surface area contributed by atoms with E-state index in [1.807, 2.05) is 30.3 Å². The number of ether oxygens (including phenoxy) is 2. The zero-order chi connectivity index (χ0) is 23.0. The van der Waals surface area contributed by atoms with Crippen molar-refractivity contribution in [2.24, 2.45) is 0 Å². The zero-order valence-corrected chi connectivity index (χ0v) is 17.9. The first-order chi connectivity index (χ1) is 16.1. The molecule has 1 fully saturated rings. The van der Waals surface area contributed by atoms with E-state index in [0.29, 0.717) is 30.3 Å². The first kappa shape index (κ1) is 22.3. The van der Waals surface area contributed by atoms with Crippen molar-refractivity contribution in [1.29, 1.82) is 0 Å². The fourth-order valence-corrected chi connectivity index (χ4v) is 3.38. The van der Waals surface area contributed by atoms with Gasteiger partial charge in [0.2, 0.25) is 5.91 Å². The molecule has 7 nitrogen and oxygen atoms in total. The number of nitrogens with zero attached hydrogens (tertiary/aromatic N) is 1. The van der Waals surface area contributed by atoms with Gasteiger partial charge in [0.1, 0.15) is 30.0 Å². The van der Waals surface area contributed by atoms with Gasteiger partial charge in [0.05, 0.1) is 0 Å². The van der Waals surface area contributed by atoms with Crippen LogP contribution in [0.3, 0.4) is 0 Å². The third-order valence-electron chi connectivity index (χ3n) is 5.13. The van der Waals surface area contributed by atoms with Gasteiger partial charge >= 0.3 is 6.09 Å². The van der Waals surface area contributed by atoms with Crippen LogP contribution >= 0.6 is 0 Å². The number of piperazine rings is 1. The van der Waals surface area contributed by atoms with E-state index in [9.17, 15) is 14.0 Å². The molecule has 1 saturated heterocycles. The molecule has 0 spiro atoms. The van der Waals surface area contributed by atoms with Crippen molar-refractivity contribution in [2.45, 2.75) is 12.6 Å². The summed E-state index contributed by atoms with van der Waals surface area (Å²) in [6.45, 7) is 1.35. The molecular formula is C25H24FN3O4. The van der Waals surface area contributed by atoms with Crippen LogP contribution in [0.4, 0.5) is 14.9 Å². The van der Waals surface area contributed by atoms with Gasteiger partial charge in [-0.05, 0) is 54.1 Å². The highest BCUT2D eigenvalue weighted by Gasteiger charge is 2.29. The van der Waals surface area contributed by atoms with Crippen LogP contribution in [0.5, 0.6) is 11.5 Å². The number of carbonyl (C=O) groups excluding carboxylic acids is 2. The molecule has 4 rings (SSSR count). The van der Waals surface area contributed by atoms with Gasteiger partial charge in [0.25, 0.3) is 0 Å². The number of hydrogen-bond acceptors (Lipinski definition) is 5. The summed E-state index contributed by atoms with van der Waals surface area (Å²) in [6.07, 6.45) is -0.444. The predicted molar refractivity (Wildman–Crippen MR) is 122 cm³/mol. The minimum atomic E-state index is -0.557. The molecule has 0 aromatic heterocycles. The van der Waals surface area contributed by atoms with Gasteiger partial charge in [-0.3, -0.25) is 4.79 Å². The van der Waals surface area contributed by atoms with E-state index < -0.39 is 12.1 Å². The molecule has 8 heteroatoms. The highest BCUT2D eigenvalue weighted by molar-refractivity contribution is 5.95. The molecule has 2 N–H and O–H groups in total. The molecule has 3 aromatic rings. The van der Waals surface area contributed by atoms with Crippen molar-refractivity contribution >= 4 is 17.7 Å². The fourth-order valence-electron chi connectivity index (χ4n) is 3.38. The normalized spacial score (nSPS) is 15.5. The number of nitrogens with one attached hydrogen (secondary N) is 2. The Morgan fingerprint density at radius 2 is 1.64 bits per heavy atom. The highest BCUT2D eigenvalue weighted by Crippen LogP contribution is 2.23. The van der Waals surface area contributed by atoms with Crippen LogP contribution in [-0.4, -0.2) is 42.6 Å². The van der Waals surface area contributed by atoms with Crippen LogP contribution in [-0.2, 0) is 16.1 Å². The van der Waals surface area contributed by atoms with Crippen LogP contribution in [0, 0.1) is 5.82 Å². The number of carbonyl (C=O) groups is 2. The van der Waals surface area contributed by atoms with Gasteiger partial charge < -0.3 is 25.0 Å². The maximum Gasteiger partial charge on any atom is 0.410 e. The molecule has 0 bridgehead atoms. The second kappa shape index (κ2) is 10.6. The third kappa shape index (κ3) is 6.30. The van der Waals surface area contributed by atoms with Gasteiger partial charge in [-0.15, -0.1) is 0 Å². The van der Waals surface area contributed by atoms with E-state index in [1.54, 1.807) is 24.3 Å². The van der Waals surface area contributed by atoms with Crippen molar-refractivity contribution in [2.75, 3.05) is 25.0 Å². The Bertz CT molecular complexity index is 1080. The van der Waals surface area contributed by atoms with Crippen molar-refractivity contribution in [3.05, 3.63) is 90.2 Å². The monoisotopic (exact) mass is 449 g/mol. The molecule has 0 aliphatic carbocycles. The van der Waals surface area contributed by atoms with Crippen molar-refractivity contribution in [3.8, 4) is 11.5 Å². The van der Waals surface area contributed by atoms with E-state index >= 15 is 0 Å². The molecular weight excluding hydrogens is 425 g/mol. The topological polar surface area (TPSA) is 79.9 Å². The summed E-state index contributed by atoms with van der Waals surface area (Å²) in [6, 6.07) is 21.4. The van der Waals surface area contributed by atoms with E-state index in [-0.39, 0.29) is 24.9 Å².